The quantitative estimate of drug-likeness (QED) is 0.395. The van der Waals surface area contributed by atoms with Crippen LogP contribution in [0.15, 0.2) is 0 Å². The number of aliphatic hydroxyl groups excluding tert-OH is 4. The molecule has 0 spiro atoms. The zero-order valence-electron chi connectivity index (χ0n) is 8.24. The van der Waals surface area contributed by atoms with Gasteiger partial charge in [-0.25, -0.2) is 0 Å². The van der Waals surface area contributed by atoms with E-state index in [0.717, 1.165) is 0 Å². The predicted molar refractivity (Wildman–Crippen MR) is 47.5 cm³/mol. The molecule has 0 amide bonds. The van der Waals surface area contributed by atoms with Crippen molar-refractivity contribution in [3.8, 4) is 0 Å². The second-order valence-corrected chi connectivity index (χ2v) is 3.68. The minimum absolute atomic E-state index is 0.394. The largest absolute Gasteiger partial charge is 0.394 e. The highest BCUT2D eigenvalue weighted by molar-refractivity contribution is 4.90. The summed E-state index contributed by atoms with van der Waals surface area (Å²) in [5, 5.41) is 37.2. The van der Waals surface area contributed by atoms with Gasteiger partial charge in [0, 0.05) is 0 Å². The Balaban J connectivity index is 2.73. The summed E-state index contributed by atoms with van der Waals surface area (Å²) in [6, 6.07) is 0. The first kappa shape index (κ1) is 11.8. The van der Waals surface area contributed by atoms with Crippen LogP contribution in [0, 0.1) is 0 Å². The van der Waals surface area contributed by atoms with Crippen molar-refractivity contribution in [2.75, 3.05) is 20.7 Å². The molecule has 5 atom stereocenters. The van der Waals surface area contributed by atoms with E-state index in [1.807, 2.05) is 0 Å². The molecule has 0 aromatic carbocycles. The minimum atomic E-state index is -1.30. The Morgan fingerprint density at radius 3 is 2.07 bits per heavy atom. The second kappa shape index (κ2) is 4.52. The van der Waals surface area contributed by atoms with Gasteiger partial charge in [0.1, 0.15) is 30.6 Å². The lowest BCUT2D eigenvalue weighted by atomic mass is 9.98. The molecule has 0 saturated carbocycles. The van der Waals surface area contributed by atoms with Crippen LogP contribution >= 0.6 is 0 Å². The van der Waals surface area contributed by atoms with Crippen LogP contribution in [0.2, 0.25) is 0 Å². The van der Waals surface area contributed by atoms with Crippen molar-refractivity contribution < 1.29 is 25.2 Å². The zero-order chi connectivity index (χ0) is 10.9. The lowest BCUT2D eigenvalue weighted by molar-refractivity contribution is -0.258. The van der Waals surface area contributed by atoms with E-state index in [2.05, 4.69) is 0 Å². The molecule has 0 aromatic rings. The number of hydrogen-bond acceptors (Lipinski definition) is 6. The maximum absolute atomic E-state index is 9.53. The molecule has 14 heavy (non-hydrogen) atoms. The SMILES string of the molecule is CN(C)[C@@H]1O[C@H](CO)[C@H](O)[C@H](O)[C@H]1O. The Kier molecular flexibility index (Phi) is 3.82. The predicted octanol–water partition coefficient (Wildman–Crippen LogP) is -2.65. The maximum Gasteiger partial charge on any atom is 0.139 e. The third-order valence-electron chi connectivity index (χ3n) is 2.38. The van der Waals surface area contributed by atoms with Gasteiger partial charge >= 0.3 is 0 Å². The summed E-state index contributed by atoms with van der Waals surface area (Å²) >= 11 is 0. The maximum atomic E-state index is 9.53. The van der Waals surface area contributed by atoms with Gasteiger partial charge in [-0.05, 0) is 14.1 Å². The highest BCUT2D eigenvalue weighted by Gasteiger charge is 2.44. The molecule has 1 rings (SSSR count). The monoisotopic (exact) mass is 207 g/mol. The van der Waals surface area contributed by atoms with E-state index in [1.165, 1.54) is 0 Å². The van der Waals surface area contributed by atoms with Gasteiger partial charge < -0.3 is 25.2 Å². The fourth-order valence-corrected chi connectivity index (χ4v) is 1.51. The first-order chi connectivity index (χ1) is 6.49. The van der Waals surface area contributed by atoms with Gasteiger partial charge in [0.15, 0.2) is 0 Å². The molecule has 1 fully saturated rings. The molecule has 0 unspecified atom stereocenters. The molecule has 1 saturated heterocycles. The van der Waals surface area contributed by atoms with E-state index in [9.17, 15) is 15.3 Å². The van der Waals surface area contributed by atoms with Gasteiger partial charge in [-0.2, -0.15) is 0 Å². The van der Waals surface area contributed by atoms with Crippen LogP contribution in [0.4, 0.5) is 0 Å². The molecule has 0 aliphatic carbocycles. The van der Waals surface area contributed by atoms with Gasteiger partial charge in [-0.15, -0.1) is 0 Å². The third-order valence-corrected chi connectivity index (χ3v) is 2.38. The number of ether oxygens (including phenoxy) is 1. The summed E-state index contributed by atoms with van der Waals surface area (Å²) in [6.07, 6.45) is -5.31. The highest BCUT2D eigenvalue weighted by atomic mass is 16.6. The number of rotatable bonds is 2. The van der Waals surface area contributed by atoms with Crippen molar-refractivity contribution in [3.63, 3.8) is 0 Å². The van der Waals surface area contributed by atoms with Crippen LogP contribution < -0.4 is 0 Å². The topological polar surface area (TPSA) is 93.4 Å². The Hall–Kier alpha value is -0.240. The number of likely N-dealkylation sites (N-methyl/N-ethyl adjacent to an activating group) is 1. The molecule has 84 valence electrons. The van der Waals surface area contributed by atoms with Gasteiger partial charge in [0.2, 0.25) is 0 Å². The first-order valence-electron chi connectivity index (χ1n) is 4.46. The lowest BCUT2D eigenvalue weighted by Gasteiger charge is -2.42. The number of nitrogens with zero attached hydrogens (tertiary/aromatic N) is 1. The van der Waals surface area contributed by atoms with Gasteiger partial charge in [0.05, 0.1) is 6.61 Å². The van der Waals surface area contributed by atoms with Crippen molar-refractivity contribution in [1.29, 1.82) is 0 Å². The molecule has 1 heterocycles. The molecular weight excluding hydrogens is 190 g/mol. The number of hydrogen-bond donors (Lipinski definition) is 4. The van der Waals surface area contributed by atoms with Crippen LogP contribution in [0.1, 0.15) is 0 Å². The molecule has 6 heteroatoms. The molecule has 0 aromatic heterocycles. The Bertz CT molecular complexity index is 187. The Morgan fingerprint density at radius 2 is 1.64 bits per heavy atom. The summed E-state index contributed by atoms with van der Waals surface area (Å²) in [5.74, 6) is 0. The lowest BCUT2D eigenvalue weighted by Crippen LogP contribution is -2.62. The summed E-state index contributed by atoms with van der Waals surface area (Å²) < 4.78 is 5.21. The molecule has 0 radical (unpaired) electrons. The van der Waals surface area contributed by atoms with Crippen molar-refractivity contribution in [3.05, 3.63) is 0 Å². The highest BCUT2D eigenvalue weighted by Crippen LogP contribution is 2.21. The molecule has 4 N–H and O–H groups in total. The molecule has 1 aliphatic rings. The summed E-state index contributed by atoms with van der Waals surface area (Å²) in [6.45, 7) is -0.394. The Labute approximate surface area is 82.3 Å². The van der Waals surface area contributed by atoms with E-state index in [1.54, 1.807) is 19.0 Å². The standard InChI is InChI=1S/C8H17NO5/c1-9(2)8-7(13)6(12)5(11)4(3-10)14-8/h4-8,10-13H,3H2,1-2H3/t4-,5+,6+,7-,8-/m1/s1. The molecule has 1 aliphatic heterocycles. The van der Waals surface area contributed by atoms with Crippen LogP contribution in [0.25, 0.3) is 0 Å². The normalized spacial score (nSPS) is 44.4. The first-order valence-corrected chi connectivity index (χ1v) is 4.46. The van der Waals surface area contributed by atoms with Crippen LogP contribution in [0.5, 0.6) is 0 Å². The minimum Gasteiger partial charge on any atom is -0.394 e. The fraction of sp³-hybridized carbons (Fsp3) is 1.00. The van der Waals surface area contributed by atoms with E-state index >= 15 is 0 Å². The average Bonchev–Trinajstić information content (AvgIpc) is 2.14. The zero-order valence-corrected chi connectivity index (χ0v) is 8.24. The average molecular weight is 207 g/mol. The molecule has 6 nitrogen and oxygen atoms in total. The fourth-order valence-electron chi connectivity index (χ4n) is 1.51. The summed E-state index contributed by atoms with van der Waals surface area (Å²) in [5.41, 5.74) is 0. The van der Waals surface area contributed by atoms with Crippen LogP contribution in [-0.4, -0.2) is 76.7 Å². The van der Waals surface area contributed by atoms with Crippen LogP contribution in [-0.2, 0) is 4.74 Å². The summed E-state index contributed by atoms with van der Waals surface area (Å²) in [4.78, 5) is 1.57. The van der Waals surface area contributed by atoms with Gasteiger partial charge in [0.25, 0.3) is 0 Å². The molecule has 0 bridgehead atoms. The summed E-state index contributed by atoms with van der Waals surface area (Å²) in [7, 11) is 3.35. The van der Waals surface area contributed by atoms with Crippen molar-refractivity contribution >= 4 is 0 Å². The van der Waals surface area contributed by atoms with Crippen molar-refractivity contribution in [2.24, 2.45) is 0 Å². The van der Waals surface area contributed by atoms with E-state index < -0.39 is 37.3 Å². The molecular formula is C8H17NO5. The number of aliphatic hydroxyl groups is 4. The Morgan fingerprint density at radius 1 is 1.07 bits per heavy atom. The second-order valence-electron chi connectivity index (χ2n) is 3.68. The van der Waals surface area contributed by atoms with Crippen molar-refractivity contribution in [1.82, 2.24) is 4.90 Å². The van der Waals surface area contributed by atoms with E-state index in [-0.39, 0.29) is 0 Å². The third kappa shape index (κ3) is 2.05. The van der Waals surface area contributed by atoms with Crippen LogP contribution in [0.3, 0.4) is 0 Å². The van der Waals surface area contributed by atoms with Gasteiger partial charge in [-0.1, -0.05) is 0 Å². The van der Waals surface area contributed by atoms with E-state index in [4.69, 9.17) is 9.84 Å². The van der Waals surface area contributed by atoms with Gasteiger partial charge in [-0.3, -0.25) is 4.90 Å². The van der Waals surface area contributed by atoms with E-state index in [0.29, 0.717) is 0 Å². The smallest absolute Gasteiger partial charge is 0.139 e. The van der Waals surface area contributed by atoms with Crippen molar-refractivity contribution in [2.45, 2.75) is 30.6 Å².